The molecule has 3 rings (SSSR count). The lowest BCUT2D eigenvalue weighted by atomic mass is 9.80. The van der Waals surface area contributed by atoms with Crippen molar-refractivity contribution in [1.29, 1.82) is 0 Å². The van der Waals surface area contributed by atoms with Gasteiger partial charge < -0.3 is 24.8 Å². The minimum atomic E-state index is -0.553. The fourth-order valence-corrected chi connectivity index (χ4v) is 3.81. The molecule has 2 heterocycles. The molecule has 144 valence electrons. The van der Waals surface area contributed by atoms with Gasteiger partial charge in [0.2, 0.25) is 0 Å². The van der Waals surface area contributed by atoms with Crippen LogP contribution in [0.2, 0.25) is 0 Å². The van der Waals surface area contributed by atoms with Crippen molar-refractivity contribution in [2.24, 2.45) is 4.99 Å². The Morgan fingerprint density at radius 2 is 2.04 bits per heavy atom. The molecular formula is C19H35N3O3. The molecule has 0 amide bonds. The number of guanidine groups is 1. The smallest absolute Gasteiger partial charge is 0.194 e. The van der Waals surface area contributed by atoms with Gasteiger partial charge in [-0.1, -0.05) is 0 Å². The summed E-state index contributed by atoms with van der Waals surface area (Å²) in [6.45, 7) is 7.01. The van der Waals surface area contributed by atoms with Gasteiger partial charge in [0, 0.05) is 26.2 Å². The SMILES string of the molecule is CCNC(=NCC1(O)CCC1)N1CCC(OCC2CCCCO2)CC1. The number of aliphatic hydroxyl groups is 1. The van der Waals surface area contributed by atoms with E-state index in [1.807, 2.05) is 0 Å². The number of hydrogen-bond acceptors (Lipinski definition) is 4. The van der Waals surface area contributed by atoms with Crippen LogP contribution < -0.4 is 5.32 Å². The quantitative estimate of drug-likeness (QED) is 0.564. The summed E-state index contributed by atoms with van der Waals surface area (Å²) in [5, 5.41) is 13.7. The summed E-state index contributed by atoms with van der Waals surface area (Å²) in [6, 6.07) is 0. The van der Waals surface area contributed by atoms with Gasteiger partial charge in [0.1, 0.15) is 0 Å². The zero-order valence-electron chi connectivity index (χ0n) is 15.7. The molecule has 3 fully saturated rings. The van der Waals surface area contributed by atoms with E-state index in [0.717, 1.165) is 77.3 Å². The predicted molar refractivity (Wildman–Crippen MR) is 98.9 cm³/mol. The Kier molecular flexibility index (Phi) is 6.96. The molecule has 1 saturated carbocycles. The third-order valence-electron chi connectivity index (χ3n) is 5.68. The van der Waals surface area contributed by atoms with Crippen LogP contribution in [0.3, 0.4) is 0 Å². The van der Waals surface area contributed by atoms with Gasteiger partial charge in [-0.25, -0.2) is 0 Å². The van der Waals surface area contributed by atoms with Crippen molar-refractivity contribution < 1.29 is 14.6 Å². The Hall–Kier alpha value is -0.850. The molecule has 1 aliphatic carbocycles. The molecule has 0 aromatic rings. The fourth-order valence-electron chi connectivity index (χ4n) is 3.81. The van der Waals surface area contributed by atoms with Gasteiger partial charge in [0.25, 0.3) is 0 Å². The Morgan fingerprint density at radius 1 is 1.24 bits per heavy atom. The first kappa shape index (κ1) is 18.9. The van der Waals surface area contributed by atoms with Crippen molar-refractivity contribution in [3.05, 3.63) is 0 Å². The molecule has 25 heavy (non-hydrogen) atoms. The lowest BCUT2D eigenvalue weighted by molar-refractivity contribution is -0.0721. The highest BCUT2D eigenvalue weighted by Gasteiger charge is 2.34. The topological polar surface area (TPSA) is 66.3 Å². The maximum absolute atomic E-state index is 10.3. The lowest BCUT2D eigenvalue weighted by Crippen LogP contribution is -2.48. The summed E-state index contributed by atoms with van der Waals surface area (Å²) in [5.41, 5.74) is -0.553. The Labute approximate surface area is 152 Å². The molecule has 1 unspecified atom stereocenters. The standard InChI is InChI=1S/C19H35N3O3/c1-2-20-18(21-15-19(23)9-5-10-19)22-11-7-16(8-12-22)25-14-17-6-3-4-13-24-17/h16-17,23H,2-15H2,1H3,(H,20,21). The first-order chi connectivity index (χ1) is 12.2. The van der Waals surface area contributed by atoms with Crippen LogP contribution in [0.5, 0.6) is 0 Å². The van der Waals surface area contributed by atoms with E-state index in [2.05, 4.69) is 17.1 Å². The molecule has 3 aliphatic rings. The van der Waals surface area contributed by atoms with Crippen molar-refractivity contribution in [2.45, 2.75) is 76.1 Å². The van der Waals surface area contributed by atoms with Crippen molar-refractivity contribution in [3.63, 3.8) is 0 Å². The monoisotopic (exact) mass is 353 g/mol. The number of nitrogens with zero attached hydrogens (tertiary/aromatic N) is 2. The third-order valence-corrected chi connectivity index (χ3v) is 5.68. The minimum absolute atomic E-state index is 0.300. The minimum Gasteiger partial charge on any atom is -0.388 e. The normalized spacial score (nSPS) is 27.8. The summed E-state index contributed by atoms with van der Waals surface area (Å²) in [6.07, 6.45) is 9.18. The molecule has 1 atom stereocenters. The van der Waals surface area contributed by atoms with E-state index in [-0.39, 0.29) is 0 Å². The van der Waals surface area contributed by atoms with Gasteiger partial charge in [-0.15, -0.1) is 0 Å². The van der Waals surface area contributed by atoms with Gasteiger partial charge >= 0.3 is 0 Å². The second-order valence-corrected chi connectivity index (χ2v) is 7.76. The number of rotatable bonds is 6. The van der Waals surface area contributed by atoms with E-state index in [4.69, 9.17) is 14.5 Å². The van der Waals surface area contributed by atoms with Crippen LogP contribution in [0.1, 0.15) is 58.3 Å². The first-order valence-corrected chi connectivity index (χ1v) is 10.2. The highest BCUT2D eigenvalue weighted by atomic mass is 16.5. The van der Waals surface area contributed by atoms with E-state index < -0.39 is 5.60 Å². The highest BCUT2D eigenvalue weighted by Crippen LogP contribution is 2.31. The molecule has 2 N–H and O–H groups in total. The summed E-state index contributed by atoms with van der Waals surface area (Å²) in [4.78, 5) is 7.00. The number of hydrogen-bond donors (Lipinski definition) is 2. The van der Waals surface area contributed by atoms with Gasteiger partial charge in [0.05, 0.1) is 31.0 Å². The molecule has 2 aliphatic heterocycles. The van der Waals surface area contributed by atoms with E-state index in [9.17, 15) is 5.11 Å². The van der Waals surface area contributed by atoms with E-state index in [0.29, 0.717) is 18.8 Å². The molecule has 0 aromatic heterocycles. The van der Waals surface area contributed by atoms with Crippen LogP contribution in [0.4, 0.5) is 0 Å². The zero-order chi connectivity index (χ0) is 17.5. The van der Waals surface area contributed by atoms with Crippen molar-refractivity contribution >= 4 is 5.96 Å². The third kappa shape index (κ3) is 5.56. The molecule has 6 heteroatoms. The van der Waals surface area contributed by atoms with Crippen LogP contribution >= 0.6 is 0 Å². The summed E-state index contributed by atoms with van der Waals surface area (Å²) >= 11 is 0. The van der Waals surface area contributed by atoms with Crippen LogP contribution in [0.25, 0.3) is 0 Å². The summed E-state index contributed by atoms with van der Waals surface area (Å²) in [5.74, 6) is 0.942. The van der Waals surface area contributed by atoms with Gasteiger partial charge in [0.15, 0.2) is 5.96 Å². The molecule has 0 radical (unpaired) electrons. The second kappa shape index (κ2) is 9.19. The predicted octanol–water partition coefficient (Wildman–Crippen LogP) is 1.92. The Balaban J connectivity index is 1.41. The molecule has 0 spiro atoms. The van der Waals surface area contributed by atoms with Crippen LogP contribution in [-0.4, -0.2) is 73.2 Å². The maximum atomic E-state index is 10.3. The number of likely N-dealkylation sites (tertiary alicyclic amines) is 1. The van der Waals surface area contributed by atoms with Crippen LogP contribution in [0.15, 0.2) is 4.99 Å². The van der Waals surface area contributed by atoms with E-state index in [1.165, 1.54) is 12.8 Å². The van der Waals surface area contributed by atoms with Gasteiger partial charge in [-0.3, -0.25) is 4.99 Å². The lowest BCUT2D eigenvalue weighted by Gasteiger charge is -2.37. The van der Waals surface area contributed by atoms with E-state index >= 15 is 0 Å². The Bertz CT molecular complexity index is 426. The van der Waals surface area contributed by atoms with Crippen molar-refractivity contribution in [1.82, 2.24) is 10.2 Å². The fraction of sp³-hybridized carbons (Fsp3) is 0.947. The Morgan fingerprint density at radius 3 is 2.64 bits per heavy atom. The average molecular weight is 354 g/mol. The number of nitrogens with one attached hydrogen (secondary N) is 1. The molecule has 0 bridgehead atoms. The van der Waals surface area contributed by atoms with Crippen LogP contribution in [-0.2, 0) is 9.47 Å². The number of piperidine rings is 1. The summed E-state index contributed by atoms with van der Waals surface area (Å²) in [7, 11) is 0. The van der Waals surface area contributed by atoms with Crippen LogP contribution in [0, 0.1) is 0 Å². The van der Waals surface area contributed by atoms with Gasteiger partial charge in [-0.05, 0) is 58.3 Å². The highest BCUT2D eigenvalue weighted by molar-refractivity contribution is 5.80. The maximum Gasteiger partial charge on any atom is 0.194 e. The first-order valence-electron chi connectivity index (χ1n) is 10.2. The second-order valence-electron chi connectivity index (χ2n) is 7.76. The molecular weight excluding hydrogens is 318 g/mol. The zero-order valence-corrected chi connectivity index (χ0v) is 15.7. The summed E-state index contributed by atoms with van der Waals surface area (Å²) < 4.78 is 11.9. The molecule has 0 aromatic carbocycles. The van der Waals surface area contributed by atoms with Gasteiger partial charge in [-0.2, -0.15) is 0 Å². The molecule has 2 saturated heterocycles. The average Bonchev–Trinajstić information content (AvgIpc) is 2.63. The number of ether oxygens (including phenoxy) is 2. The van der Waals surface area contributed by atoms with Crippen molar-refractivity contribution in [3.8, 4) is 0 Å². The van der Waals surface area contributed by atoms with E-state index in [1.54, 1.807) is 0 Å². The molecule has 6 nitrogen and oxygen atoms in total. The van der Waals surface area contributed by atoms with Crippen molar-refractivity contribution in [2.75, 3.05) is 39.4 Å². The largest absolute Gasteiger partial charge is 0.388 e. The number of aliphatic imine (C=N–C) groups is 1.